The van der Waals surface area contributed by atoms with Crippen LogP contribution in [0.3, 0.4) is 0 Å². The molecule has 2 amide bonds. The summed E-state index contributed by atoms with van der Waals surface area (Å²) in [5.41, 5.74) is 5.37. The fourth-order valence-electron chi connectivity index (χ4n) is 3.04. The van der Waals surface area contributed by atoms with Gasteiger partial charge in [0.1, 0.15) is 12.1 Å². The van der Waals surface area contributed by atoms with Crippen LogP contribution >= 0.6 is 0 Å². The molecule has 0 aromatic carbocycles. The number of carbonyl (C=O) groups is 3. The molecule has 2 N–H and O–H groups in total. The number of carbonyl (C=O) groups excluding carboxylic acids is 3. The molecule has 112 valence electrons. The minimum atomic E-state index is -0.511. The van der Waals surface area contributed by atoms with Crippen LogP contribution in [-0.4, -0.2) is 66.4 Å². The smallest absolute Gasteiger partial charge is 0.328 e. The van der Waals surface area contributed by atoms with Crippen molar-refractivity contribution in [1.82, 2.24) is 9.80 Å². The van der Waals surface area contributed by atoms with Crippen LogP contribution < -0.4 is 5.73 Å². The van der Waals surface area contributed by atoms with Crippen molar-refractivity contribution in [3.8, 4) is 0 Å². The van der Waals surface area contributed by atoms with Crippen molar-refractivity contribution >= 4 is 17.8 Å². The molecule has 0 aliphatic carbocycles. The Morgan fingerprint density at radius 2 is 1.70 bits per heavy atom. The molecule has 2 rings (SSSR count). The Kier molecular flexibility index (Phi) is 4.59. The molecule has 2 aliphatic rings. The number of likely N-dealkylation sites (tertiary alicyclic amines) is 2. The van der Waals surface area contributed by atoms with Gasteiger partial charge in [0, 0.05) is 13.1 Å². The zero-order valence-corrected chi connectivity index (χ0v) is 11.7. The molecule has 0 aromatic heterocycles. The lowest BCUT2D eigenvalue weighted by molar-refractivity contribution is -0.153. The number of hydrogen-bond acceptors (Lipinski definition) is 5. The Hall–Kier alpha value is -1.63. The maximum absolute atomic E-state index is 12.6. The van der Waals surface area contributed by atoms with Crippen molar-refractivity contribution in [3.63, 3.8) is 0 Å². The van der Waals surface area contributed by atoms with Gasteiger partial charge < -0.3 is 20.3 Å². The van der Waals surface area contributed by atoms with E-state index in [4.69, 9.17) is 10.5 Å². The average Bonchev–Trinajstić information content (AvgIpc) is 3.13. The van der Waals surface area contributed by atoms with Crippen LogP contribution in [0, 0.1) is 0 Å². The van der Waals surface area contributed by atoms with Crippen molar-refractivity contribution < 1.29 is 19.1 Å². The number of hydrogen-bond donors (Lipinski definition) is 1. The van der Waals surface area contributed by atoms with E-state index in [1.54, 1.807) is 4.90 Å². The molecule has 0 aromatic rings. The molecule has 7 nitrogen and oxygen atoms in total. The third-order valence-electron chi connectivity index (χ3n) is 4.04. The third-order valence-corrected chi connectivity index (χ3v) is 4.04. The van der Waals surface area contributed by atoms with E-state index in [9.17, 15) is 14.4 Å². The van der Waals surface area contributed by atoms with Gasteiger partial charge in [-0.3, -0.25) is 9.59 Å². The second kappa shape index (κ2) is 6.21. The van der Waals surface area contributed by atoms with E-state index in [2.05, 4.69) is 0 Å². The van der Waals surface area contributed by atoms with Gasteiger partial charge in [-0.15, -0.1) is 0 Å². The molecule has 0 bridgehead atoms. The van der Waals surface area contributed by atoms with Crippen LogP contribution in [0.5, 0.6) is 0 Å². The molecule has 0 unspecified atom stereocenters. The molecule has 7 heteroatoms. The Morgan fingerprint density at radius 3 is 2.30 bits per heavy atom. The Bertz CT molecular complexity index is 376. The lowest BCUT2D eigenvalue weighted by Gasteiger charge is -2.30. The van der Waals surface area contributed by atoms with Crippen LogP contribution in [0.4, 0.5) is 0 Å². The molecule has 2 saturated heterocycles. The van der Waals surface area contributed by atoms with Crippen molar-refractivity contribution in [2.75, 3.05) is 26.7 Å². The summed E-state index contributed by atoms with van der Waals surface area (Å²) in [5, 5.41) is 0. The predicted molar refractivity (Wildman–Crippen MR) is 70.5 cm³/mol. The highest BCUT2D eigenvalue weighted by Crippen LogP contribution is 2.25. The second-order valence-electron chi connectivity index (χ2n) is 5.16. The van der Waals surface area contributed by atoms with Gasteiger partial charge in [0.15, 0.2) is 0 Å². The summed E-state index contributed by atoms with van der Waals surface area (Å²) in [6.45, 7) is 1.01. The van der Waals surface area contributed by atoms with Gasteiger partial charge >= 0.3 is 5.97 Å². The Labute approximate surface area is 118 Å². The zero-order chi connectivity index (χ0) is 14.7. The Balaban J connectivity index is 2.10. The lowest BCUT2D eigenvalue weighted by atomic mass is 10.1. The predicted octanol–water partition coefficient (Wildman–Crippen LogP) is -0.900. The number of esters is 1. The van der Waals surface area contributed by atoms with Gasteiger partial charge in [-0.1, -0.05) is 0 Å². The van der Waals surface area contributed by atoms with Gasteiger partial charge in [0.2, 0.25) is 11.8 Å². The minimum absolute atomic E-state index is 0.0930. The number of amides is 2. The zero-order valence-electron chi connectivity index (χ0n) is 11.7. The quantitative estimate of drug-likeness (QED) is 0.678. The topological polar surface area (TPSA) is 92.9 Å². The van der Waals surface area contributed by atoms with Gasteiger partial charge in [-0.2, -0.15) is 0 Å². The monoisotopic (exact) mass is 283 g/mol. The highest BCUT2D eigenvalue weighted by Gasteiger charge is 2.42. The average molecular weight is 283 g/mol. The highest BCUT2D eigenvalue weighted by atomic mass is 16.5. The summed E-state index contributed by atoms with van der Waals surface area (Å²) in [6.07, 6.45) is 2.83. The minimum Gasteiger partial charge on any atom is -0.467 e. The molecule has 0 saturated carbocycles. The molecular formula is C13H21N3O4. The first kappa shape index (κ1) is 14.8. The summed E-state index contributed by atoms with van der Waals surface area (Å²) in [7, 11) is 1.32. The van der Waals surface area contributed by atoms with Crippen molar-refractivity contribution in [3.05, 3.63) is 0 Å². The van der Waals surface area contributed by atoms with E-state index in [0.717, 1.165) is 12.8 Å². The molecule has 2 atom stereocenters. The summed E-state index contributed by atoms with van der Waals surface area (Å²) in [5.74, 6) is -0.752. The molecule has 2 aliphatic heterocycles. The first-order valence-electron chi connectivity index (χ1n) is 6.98. The summed E-state index contributed by atoms with van der Waals surface area (Å²) >= 11 is 0. The van der Waals surface area contributed by atoms with Crippen LogP contribution in [0.1, 0.15) is 25.7 Å². The molecule has 20 heavy (non-hydrogen) atoms. The molecular weight excluding hydrogens is 262 g/mol. The largest absolute Gasteiger partial charge is 0.467 e. The molecule has 2 heterocycles. The summed E-state index contributed by atoms with van der Waals surface area (Å²) in [6, 6.07) is -0.987. The summed E-state index contributed by atoms with van der Waals surface area (Å²) < 4.78 is 4.74. The fraction of sp³-hybridized carbons (Fsp3) is 0.769. The number of nitrogens with two attached hydrogens (primary N) is 1. The SMILES string of the molecule is COC(=O)[C@@H]1CCCN1C(=O)[C@@H]1CCCN1C(=O)CN. The normalized spacial score (nSPS) is 25.9. The highest BCUT2D eigenvalue weighted by molar-refractivity contribution is 5.92. The van der Waals surface area contributed by atoms with Crippen LogP contribution in [0.25, 0.3) is 0 Å². The van der Waals surface area contributed by atoms with E-state index in [-0.39, 0.29) is 24.3 Å². The summed E-state index contributed by atoms with van der Waals surface area (Å²) in [4.78, 5) is 39.1. The van der Waals surface area contributed by atoms with Gasteiger partial charge in [0.25, 0.3) is 0 Å². The van der Waals surface area contributed by atoms with Crippen molar-refractivity contribution in [1.29, 1.82) is 0 Å². The molecule has 2 fully saturated rings. The van der Waals surface area contributed by atoms with E-state index >= 15 is 0 Å². The van der Waals surface area contributed by atoms with Crippen LogP contribution in [-0.2, 0) is 19.1 Å². The first-order chi connectivity index (χ1) is 9.60. The number of rotatable bonds is 3. The van der Waals surface area contributed by atoms with E-state index in [0.29, 0.717) is 25.9 Å². The van der Waals surface area contributed by atoms with Gasteiger partial charge in [0.05, 0.1) is 13.7 Å². The lowest BCUT2D eigenvalue weighted by Crippen LogP contribution is -2.52. The van der Waals surface area contributed by atoms with Crippen molar-refractivity contribution in [2.45, 2.75) is 37.8 Å². The second-order valence-corrected chi connectivity index (χ2v) is 5.16. The molecule has 0 radical (unpaired) electrons. The van der Waals surface area contributed by atoms with Gasteiger partial charge in [-0.05, 0) is 25.7 Å². The van der Waals surface area contributed by atoms with E-state index < -0.39 is 12.1 Å². The maximum Gasteiger partial charge on any atom is 0.328 e. The Morgan fingerprint density at radius 1 is 1.10 bits per heavy atom. The van der Waals surface area contributed by atoms with Crippen LogP contribution in [0.15, 0.2) is 0 Å². The number of nitrogens with zero attached hydrogens (tertiary/aromatic N) is 2. The van der Waals surface area contributed by atoms with Crippen LogP contribution in [0.2, 0.25) is 0 Å². The standard InChI is InChI=1S/C13H21N3O4/c1-20-13(19)10-5-3-7-16(10)12(18)9-4-2-6-15(9)11(17)8-14/h9-10H,2-8,14H2,1H3/t9-,10-/m0/s1. The third kappa shape index (κ3) is 2.63. The van der Waals surface area contributed by atoms with E-state index in [1.165, 1.54) is 12.0 Å². The number of methoxy groups -OCH3 is 1. The number of ether oxygens (including phenoxy) is 1. The fourth-order valence-corrected chi connectivity index (χ4v) is 3.04. The van der Waals surface area contributed by atoms with E-state index in [1.807, 2.05) is 0 Å². The van der Waals surface area contributed by atoms with Crippen molar-refractivity contribution in [2.24, 2.45) is 5.73 Å². The first-order valence-corrected chi connectivity index (χ1v) is 6.98. The molecule has 0 spiro atoms. The maximum atomic E-state index is 12.6. The van der Waals surface area contributed by atoms with Gasteiger partial charge in [-0.25, -0.2) is 4.79 Å².